The summed E-state index contributed by atoms with van der Waals surface area (Å²) in [4.78, 5) is 35.5. The average molecular weight is 666 g/mol. The molecule has 1 aliphatic heterocycles. The Morgan fingerprint density at radius 3 is 1.98 bits per heavy atom. The van der Waals surface area contributed by atoms with Crippen LogP contribution in [0.2, 0.25) is 0 Å². The third-order valence-electron chi connectivity index (χ3n) is 9.18. The number of aliphatic carboxylic acids is 1. The minimum absolute atomic E-state index is 0.119. The zero-order chi connectivity index (χ0) is 35.5. The fraction of sp³-hybridized carbons (Fsp3) is 0.390. The van der Waals surface area contributed by atoms with Gasteiger partial charge in [-0.05, 0) is 93.8 Å². The van der Waals surface area contributed by atoms with Crippen molar-refractivity contribution in [1.29, 1.82) is 0 Å². The standard InChI is InChI=1S/C41H48FN3O4/c1-27-34(36(44-23-21-41(6,7)22-24-44)35(28(2)43-27)37(39(47)48)49-40(3,4)5)31-17-13-29(14-18-31)25-45(26-30-15-19-33(42)20-16-30)38(46)32-11-9-8-10-12-32/h8-20,37H,21-26H2,1-7H3,(H,47,48). The number of benzene rings is 3. The molecule has 1 saturated heterocycles. The monoisotopic (exact) mass is 665 g/mol. The molecule has 49 heavy (non-hydrogen) atoms. The molecule has 0 aliphatic carbocycles. The van der Waals surface area contributed by atoms with E-state index in [2.05, 4.69) is 18.7 Å². The number of ether oxygens (including phenoxy) is 1. The van der Waals surface area contributed by atoms with Crippen molar-refractivity contribution in [3.05, 3.63) is 118 Å². The van der Waals surface area contributed by atoms with Crippen LogP contribution in [0.15, 0.2) is 78.9 Å². The Kier molecular flexibility index (Phi) is 10.6. The number of nitrogens with zero attached hydrogens (tertiary/aromatic N) is 3. The predicted molar refractivity (Wildman–Crippen MR) is 192 cm³/mol. The van der Waals surface area contributed by atoms with Gasteiger partial charge >= 0.3 is 5.97 Å². The zero-order valence-corrected chi connectivity index (χ0v) is 29.7. The topological polar surface area (TPSA) is 83.0 Å². The molecule has 1 unspecified atom stereocenters. The molecule has 1 N–H and O–H groups in total. The van der Waals surface area contributed by atoms with Crippen molar-refractivity contribution in [2.45, 2.75) is 86.1 Å². The van der Waals surface area contributed by atoms with Crippen LogP contribution in [0.4, 0.5) is 10.1 Å². The van der Waals surface area contributed by atoms with E-state index in [1.165, 1.54) is 12.1 Å². The summed E-state index contributed by atoms with van der Waals surface area (Å²) >= 11 is 0. The molecule has 0 bridgehead atoms. The highest BCUT2D eigenvalue weighted by Crippen LogP contribution is 2.45. The summed E-state index contributed by atoms with van der Waals surface area (Å²) in [7, 11) is 0. The van der Waals surface area contributed by atoms with Gasteiger partial charge in [0.2, 0.25) is 0 Å². The smallest absolute Gasteiger partial charge is 0.337 e. The largest absolute Gasteiger partial charge is 0.479 e. The van der Waals surface area contributed by atoms with Gasteiger partial charge in [-0.15, -0.1) is 0 Å². The minimum Gasteiger partial charge on any atom is -0.479 e. The van der Waals surface area contributed by atoms with E-state index in [1.807, 2.05) is 77.1 Å². The number of carboxylic acids is 1. The van der Waals surface area contributed by atoms with Crippen molar-refractivity contribution in [3.63, 3.8) is 0 Å². The SMILES string of the molecule is Cc1nc(C)c(C(OC(C)(C)C)C(=O)O)c(N2CCC(C)(C)CC2)c1-c1ccc(CN(Cc2ccc(F)cc2)C(=O)c2ccccc2)cc1. The molecule has 1 aromatic heterocycles. The maximum Gasteiger partial charge on any atom is 0.337 e. The van der Waals surface area contributed by atoms with Crippen molar-refractivity contribution in [2.75, 3.05) is 18.0 Å². The molecule has 0 spiro atoms. The molecule has 5 rings (SSSR count). The van der Waals surface area contributed by atoms with E-state index in [-0.39, 0.29) is 17.1 Å². The first-order valence-electron chi connectivity index (χ1n) is 17.0. The Bertz CT molecular complexity index is 1770. The van der Waals surface area contributed by atoms with Crippen LogP contribution in [0.1, 0.15) is 92.0 Å². The Morgan fingerprint density at radius 2 is 1.45 bits per heavy atom. The fourth-order valence-corrected chi connectivity index (χ4v) is 6.53. The number of aryl methyl sites for hydroxylation is 2. The Hall–Kier alpha value is -4.56. The summed E-state index contributed by atoms with van der Waals surface area (Å²) in [6.45, 7) is 16.2. The lowest BCUT2D eigenvalue weighted by molar-refractivity contribution is -0.160. The average Bonchev–Trinajstić information content (AvgIpc) is 3.04. The molecule has 1 atom stereocenters. The van der Waals surface area contributed by atoms with Gasteiger partial charge < -0.3 is 19.6 Å². The van der Waals surface area contributed by atoms with Crippen LogP contribution in [0, 0.1) is 25.1 Å². The molecular formula is C41H48FN3O4. The lowest BCUT2D eigenvalue weighted by atomic mass is 9.81. The number of piperidine rings is 1. The van der Waals surface area contributed by atoms with E-state index in [0.717, 1.165) is 59.6 Å². The molecule has 8 heteroatoms. The summed E-state index contributed by atoms with van der Waals surface area (Å²) in [5, 5.41) is 10.5. The molecule has 7 nitrogen and oxygen atoms in total. The molecule has 258 valence electrons. The number of anilines is 1. The number of carbonyl (C=O) groups excluding carboxylic acids is 1. The third kappa shape index (κ3) is 8.73. The van der Waals surface area contributed by atoms with Gasteiger partial charge in [-0.1, -0.05) is 68.4 Å². The molecule has 4 aromatic rings. The van der Waals surface area contributed by atoms with Gasteiger partial charge in [0.25, 0.3) is 5.91 Å². The van der Waals surface area contributed by atoms with Crippen LogP contribution in [0.25, 0.3) is 11.1 Å². The highest BCUT2D eigenvalue weighted by atomic mass is 19.1. The summed E-state index contributed by atoms with van der Waals surface area (Å²) in [5.74, 6) is -1.49. The first kappa shape index (κ1) is 35.7. The highest BCUT2D eigenvalue weighted by Gasteiger charge is 2.36. The molecule has 2 heterocycles. The van der Waals surface area contributed by atoms with Crippen molar-refractivity contribution in [2.24, 2.45) is 5.41 Å². The van der Waals surface area contributed by atoms with Gasteiger partial charge in [-0.3, -0.25) is 9.78 Å². The number of carboxylic acid groups (broad SMARTS) is 1. The summed E-state index contributed by atoms with van der Waals surface area (Å²) < 4.78 is 19.9. The van der Waals surface area contributed by atoms with E-state index >= 15 is 0 Å². The van der Waals surface area contributed by atoms with Gasteiger partial charge in [-0.25, -0.2) is 9.18 Å². The summed E-state index contributed by atoms with van der Waals surface area (Å²) in [6.07, 6.45) is 0.755. The molecule has 0 radical (unpaired) electrons. The molecule has 1 fully saturated rings. The second-order valence-corrected chi connectivity index (χ2v) is 14.9. The first-order valence-corrected chi connectivity index (χ1v) is 17.0. The number of halogens is 1. The maximum absolute atomic E-state index is 13.7. The maximum atomic E-state index is 13.7. The van der Waals surface area contributed by atoms with Gasteiger partial charge in [0.05, 0.1) is 11.3 Å². The Balaban J connectivity index is 1.56. The van der Waals surface area contributed by atoms with Crippen LogP contribution >= 0.6 is 0 Å². The molecular weight excluding hydrogens is 617 g/mol. The van der Waals surface area contributed by atoms with Crippen LogP contribution in [-0.2, 0) is 22.6 Å². The molecule has 0 saturated carbocycles. The van der Waals surface area contributed by atoms with E-state index in [0.29, 0.717) is 29.9 Å². The normalized spacial score (nSPS) is 15.1. The summed E-state index contributed by atoms with van der Waals surface area (Å²) in [5.41, 5.74) is 6.54. The molecule has 1 amide bonds. The highest BCUT2D eigenvalue weighted by molar-refractivity contribution is 5.94. The number of rotatable bonds is 10. The lowest BCUT2D eigenvalue weighted by Gasteiger charge is -2.41. The fourth-order valence-electron chi connectivity index (χ4n) is 6.53. The van der Waals surface area contributed by atoms with Gasteiger partial charge in [0.1, 0.15) is 5.82 Å². The number of aromatic nitrogens is 1. The molecule has 3 aromatic carbocycles. The molecule has 1 aliphatic rings. The van der Waals surface area contributed by atoms with Crippen molar-refractivity contribution < 1.29 is 23.8 Å². The van der Waals surface area contributed by atoms with Gasteiger partial charge in [-0.2, -0.15) is 0 Å². The predicted octanol–water partition coefficient (Wildman–Crippen LogP) is 8.91. The quantitative estimate of drug-likeness (QED) is 0.182. The second kappa shape index (κ2) is 14.5. The van der Waals surface area contributed by atoms with Crippen molar-refractivity contribution in [3.8, 4) is 11.1 Å². The Labute approximate surface area is 289 Å². The van der Waals surface area contributed by atoms with Crippen molar-refractivity contribution >= 4 is 17.6 Å². The van der Waals surface area contributed by atoms with Crippen molar-refractivity contribution in [1.82, 2.24) is 9.88 Å². The van der Waals surface area contributed by atoms with Crippen LogP contribution in [-0.4, -0.2) is 45.6 Å². The minimum atomic E-state index is -1.19. The van der Waals surface area contributed by atoms with E-state index in [9.17, 15) is 19.1 Å². The second-order valence-electron chi connectivity index (χ2n) is 14.9. The number of pyridine rings is 1. The summed E-state index contributed by atoms with van der Waals surface area (Å²) in [6, 6.07) is 23.4. The van der Waals surface area contributed by atoms with E-state index in [1.54, 1.807) is 29.2 Å². The van der Waals surface area contributed by atoms with Gasteiger partial charge in [0, 0.05) is 54.3 Å². The lowest BCUT2D eigenvalue weighted by Crippen LogP contribution is -2.39. The number of hydrogen-bond donors (Lipinski definition) is 1. The van der Waals surface area contributed by atoms with Gasteiger partial charge in [0.15, 0.2) is 6.10 Å². The Morgan fingerprint density at radius 1 is 0.898 bits per heavy atom. The number of carbonyl (C=O) groups is 2. The zero-order valence-electron chi connectivity index (χ0n) is 29.7. The number of amides is 1. The number of hydrogen-bond acceptors (Lipinski definition) is 5. The third-order valence-corrected chi connectivity index (χ3v) is 9.18. The van der Waals surface area contributed by atoms with Crippen LogP contribution in [0.3, 0.4) is 0 Å². The van der Waals surface area contributed by atoms with E-state index < -0.39 is 17.7 Å². The van der Waals surface area contributed by atoms with E-state index in [4.69, 9.17) is 9.72 Å². The van der Waals surface area contributed by atoms with Crippen LogP contribution in [0.5, 0.6) is 0 Å². The first-order chi connectivity index (χ1) is 23.1. The van der Waals surface area contributed by atoms with Crippen LogP contribution < -0.4 is 4.90 Å².